The van der Waals surface area contributed by atoms with Crippen LogP contribution in [0.3, 0.4) is 0 Å². The minimum atomic E-state index is -0.859. The van der Waals surface area contributed by atoms with Gasteiger partial charge in [0.05, 0.1) is 32.8 Å². The third-order valence-corrected chi connectivity index (χ3v) is 7.14. The van der Waals surface area contributed by atoms with Crippen LogP contribution in [0.15, 0.2) is 42.0 Å². The summed E-state index contributed by atoms with van der Waals surface area (Å²) in [6.07, 6.45) is 1.39. The highest BCUT2D eigenvalue weighted by Crippen LogP contribution is 2.42. The molecular weight excluding hydrogens is 460 g/mol. The molecule has 8 nitrogen and oxygen atoms in total. The van der Waals surface area contributed by atoms with Crippen LogP contribution in [-0.4, -0.2) is 61.1 Å². The maximum absolute atomic E-state index is 13.7. The summed E-state index contributed by atoms with van der Waals surface area (Å²) in [6.45, 7) is 9.32. The SMILES string of the molecule is CC[NH+](CC)CCCN1C(=O)C(=O)C(=C([O-])c2ccc3c(c2)CC(C)O3)C1c1ccc(O)c(OC)c1. The molecule has 2 aromatic rings. The molecule has 0 bridgehead atoms. The van der Waals surface area contributed by atoms with E-state index in [2.05, 4.69) is 13.8 Å². The lowest BCUT2D eigenvalue weighted by molar-refractivity contribution is -0.896. The van der Waals surface area contributed by atoms with Crippen LogP contribution >= 0.6 is 0 Å². The standard InChI is InChI=1S/C28H34N2O6/c1-5-29(6-2)12-7-13-30-25(18-8-10-21(31)23(16-18)35-4)24(27(33)28(30)34)26(32)19-9-11-22-20(15-19)14-17(3)36-22/h8-11,15-17,25,31-32H,5-7,12-14H2,1-4H3. The van der Waals surface area contributed by atoms with E-state index < -0.39 is 23.5 Å². The van der Waals surface area contributed by atoms with Crippen molar-refractivity contribution in [3.05, 3.63) is 58.7 Å². The molecule has 0 aromatic heterocycles. The monoisotopic (exact) mass is 494 g/mol. The van der Waals surface area contributed by atoms with Crippen LogP contribution in [0.5, 0.6) is 17.2 Å². The van der Waals surface area contributed by atoms with Crippen molar-refractivity contribution in [2.75, 3.05) is 33.3 Å². The van der Waals surface area contributed by atoms with Crippen molar-refractivity contribution in [1.82, 2.24) is 4.90 Å². The molecule has 8 heteroatoms. The first-order chi connectivity index (χ1) is 17.3. The molecule has 1 fully saturated rings. The summed E-state index contributed by atoms with van der Waals surface area (Å²) >= 11 is 0. The number of ketones is 1. The number of Topliss-reactive ketones (excluding diaryl/α,β-unsaturated/α-hetero) is 1. The van der Waals surface area contributed by atoms with Crippen molar-refractivity contribution < 1.29 is 34.2 Å². The van der Waals surface area contributed by atoms with Gasteiger partial charge in [-0.1, -0.05) is 17.9 Å². The van der Waals surface area contributed by atoms with Gasteiger partial charge in [-0.2, -0.15) is 0 Å². The highest BCUT2D eigenvalue weighted by Gasteiger charge is 2.44. The van der Waals surface area contributed by atoms with E-state index in [4.69, 9.17) is 9.47 Å². The van der Waals surface area contributed by atoms with E-state index in [1.165, 1.54) is 23.0 Å². The quantitative estimate of drug-likeness (QED) is 0.309. The van der Waals surface area contributed by atoms with Crippen molar-refractivity contribution in [3.8, 4) is 17.2 Å². The summed E-state index contributed by atoms with van der Waals surface area (Å²) in [6, 6.07) is 8.95. The van der Waals surface area contributed by atoms with Gasteiger partial charge in [-0.25, -0.2) is 0 Å². The minimum Gasteiger partial charge on any atom is -0.872 e. The Labute approximate surface area is 211 Å². The zero-order valence-electron chi connectivity index (χ0n) is 21.3. The van der Waals surface area contributed by atoms with Crippen LogP contribution < -0.4 is 19.5 Å². The molecule has 1 saturated heterocycles. The van der Waals surface area contributed by atoms with Crippen LogP contribution in [0.25, 0.3) is 5.76 Å². The van der Waals surface area contributed by atoms with E-state index >= 15 is 0 Å². The molecule has 2 unspecified atom stereocenters. The van der Waals surface area contributed by atoms with Gasteiger partial charge >= 0.3 is 0 Å². The van der Waals surface area contributed by atoms with E-state index in [-0.39, 0.29) is 23.2 Å². The first-order valence-electron chi connectivity index (χ1n) is 12.6. The van der Waals surface area contributed by atoms with Crippen LogP contribution in [0.4, 0.5) is 0 Å². The third kappa shape index (κ3) is 4.78. The Morgan fingerprint density at radius 3 is 2.64 bits per heavy atom. The second kappa shape index (κ2) is 10.6. The lowest BCUT2D eigenvalue weighted by atomic mass is 9.94. The second-order valence-electron chi connectivity index (χ2n) is 9.42. The molecule has 4 rings (SSSR count). The molecule has 0 radical (unpaired) electrons. The average molecular weight is 495 g/mol. The number of hydrogen-bond donors (Lipinski definition) is 2. The largest absolute Gasteiger partial charge is 0.872 e. The fourth-order valence-corrected chi connectivity index (χ4v) is 5.13. The van der Waals surface area contributed by atoms with Crippen molar-refractivity contribution in [2.24, 2.45) is 0 Å². The van der Waals surface area contributed by atoms with Crippen molar-refractivity contribution in [1.29, 1.82) is 0 Å². The number of fused-ring (bicyclic) bond motifs is 1. The number of nitrogens with one attached hydrogen (secondary N) is 1. The molecule has 2 heterocycles. The van der Waals surface area contributed by atoms with E-state index in [1.807, 2.05) is 6.92 Å². The first kappa shape index (κ1) is 25.6. The van der Waals surface area contributed by atoms with Gasteiger partial charge in [-0.15, -0.1) is 0 Å². The smallest absolute Gasteiger partial charge is 0.295 e. The van der Waals surface area contributed by atoms with Gasteiger partial charge in [0, 0.05) is 25.0 Å². The van der Waals surface area contributed by atoms with Gasteiger partial charge < -0.3 is 29.5 Å². The average Bonchev–Trinajstić information content (AvgIpc) is 3.37. The van der Waals surface area contributed by atoms with Gasteiger partial charge in [0.15, 0.2) is 11.5 Å². The number of benzene rings is 2. The molecule has 2 aliphatic heterocycles. The van der Waals surface area contributed by atoms with Gasteiger partial charge in [0.25, 0.3) is 5.91 Å². The lowest BCUT2D eigenvalue weighted by Gasteiger charge is -2.28. The van der Waals surface area contributed by atoms with Crippen molar-refractivity contribution >= 4 is 17.4 Å². The Balaban J connectivity index is 1.77. The number of quaternary nitrogens is 1. The topological polar surface area (TPSA) is 104 Å². The molecule has 36 heavy (non-hydrogen) atoms. The number of ether oxygens (including phenoxy) is 2. The number of methoxy groups -OCH3 is 1. The Kier molecular flexibility index (Phi) is 7.54. The van der Waals surface area contributed by atoms with Gasteiger partial charge in [0.1, 0.15) is 11.9 Å². The second-order valence-corrected chi connectivity index (χ2v) is 9.42. The molecule has 2 N–H and O–H groups in total. The molecular formula is C28H34N2O6. The number of rotatable bonds is 9. The van der Waals surface area contributed by atoms with Crippen molar-refractivity contribution in [2.45, 2.75) is 45.8 Å². The number of nitrogens with zero attached hydrogens (tertiary/aromatic N) is 1. The van der Waals surface area contributed by atoms with E-state index in [9.17, 15) is 19.8 Å². The van der Waals surface area contributed by atoms with E-state index in [0.29, 0.717) is 30.5 Å². The number of carbonyl (C=O) groups excluding carboxylic acids is 2. The number of phenols is 1. The maximum atomic E-state index is 13.7. The fourth-order valence-electron chi connectivity index (χ4n) is 5.13. The first-order valence-corrected chi connectivity index (χ1v) is 12.6. The Morgan fingerprint density at radius 2 is 1.94 bits per heavy atom. The number of amides is 1. The lowest BCUT2D eigenvalue weighted by Crippen LogP contribution is -3.11. The number of phenolic OH excluding ortho intramolecular Hbond substituents is 1. The van der Waals surface area contributed by atoms with E-state index in [0.717, 1.165) is 30.9 Å². The molecule has 192 valence electrons. The molecule has 1 amide bonds. The normalized spacial score (nSPS) is 20.6. The zero-order chi connectivity index (χ0) is 26.0. The Hall–Kier alpha value is -3.52. The van der Waals surface area contributed by atoms with E-state index in [1.54, 1.807) is 30.3 Å². The summed E-state index contributed by atoms with van der Waals surface area (Å²) in [5.74, 6) is -1.04. The van der Waals surface area contributed by atoms with Crippen LogP contribution in [0, 0.1) is 0 Å². The zero-order valence-corrected chi connectivity index (χ0v) is 21.3. The third-order valence-electron chi connectivity index (χ3n) is 7.14. The van der Waals surface area contributed by atoms with Gasteiger partial charge in [0.2, 0.25) is 5.78 Å². The Morgan fingerprint density at radius 1 is 1.19 bits per heavy atom. The van der Waals surface area contributed by atoms with Crippen LogP contribution in [0.2, 0.25) is 0 Å². The number of aromatic hydroxyl groups is 1. The Bertz CT molecular complexity index is 1190. The summed E-state index contributed by atoms with van der Waals surface area (Å²) in [7, 11) is 1.43. The highest BCUT2D eigenvalue weighted by atomic mass is 16.5. The molecule has 0 spiro atoms. The number of likely N-dealkylation sites (tertiary alicyclic amines) is 1. The minimum absolute atomic E-state index is 0.0216. The predicted octanol–water partition coefficient (Wildman–Crippen LogP) is 1.26. The summed E-state index contributed by atoms with van der Waals surface area (Å²) in [5, 5.41) is 23.9. The van der Waals surface area contributed by atoms with Gasteiger partial charge in [-0.3, -0.25) is 9.59 Å². The van der Waals surface area contributed by atoms with Crippen LogP contribution in [0.1, 0.15) is 49.9 Å². The predicted molar refractivity (Wildman–Crippen MR) is 133 cm³/mol. The summed E-state index contributed by atoms with van der Waals surface area (Å²) in [4.78, 5) is 29.4. The highest BCUT2D eigenvalue weighted by molar-refractivity contribution is 6.46. The maximum Gasteiger partial charge on any atom is 0.295 e. The summed E-state index contributed by atoms with van der Waals surface area (Å²) < 4.78 is 11.0. The van der Waals surface area contributed by atoms with Crippen molar-refractivity contribution in [3.63, 3.8) is 0 Å². The number of hydrogen-bond acceptors (Lipinski definition) is 6. The fraction of sp³-hybridized carbons (Fsp3) is 0.429. The number of carbonyl (C=O) groups is 2. The molecule has 0 aliphatic carbocycles. The molecule has 2 atom stereocenters. The molecule has 2 aliphatic rings. The van der Waals surface area contributed by atoms with Gasteiger partial charge in [-0.05, 0) is 61.7 Å². The molecule has 2 aromatic carbocycles. The molecule has 0 saturated carbocycles. The van der Waals surface area contributed by atoms with Crippen LogP contribution in [-0.2, 0) is 16.0 Å². The summed E-state index contributed by atoms with van der Waals surface area (Å²) in [5.41, 5.74) is 1.73.